The Morgan fingerprint density at radius 2 is 1.61 bits per heavy atom. The molecule has 0 unspecified atom stereocenters. The van der Waals surface area contributed by atoms with Gasteiger partial charge in [-0.15, -0.1) is 0 Å². The van der Waals surface area contributed by atoms with Crippen LogP contribution in [0.2, 0.25) is 0 Å². The summed E-state index contributed by atoms with van der Waals surface area (Å²) in [6.07, 6.45) is 1.80. The van der Waals surface area contributed by atoms with Crippen LogP contribution in [0.4, 0.5) is 0 Å². The molecular formula is C24H21BrI2N2O4. The van der Waals surface area contributed by atoms with Gasteiger partial charge in [0.15, 0.2) is 11.5 Å². The molecule has 6 nitrogen and oxygen atoms in total. The quantitative estimate of drug-likeness (QED) is 0.168. The topological polar surface area (TPSA) is 69.2 Å². The van der Waals surface area contributed by atoms with Crippen molar-refractivity contribution in [2.45, 2.75) is 13.0 Å². The number of carbonyl (C=O) groups excluding carboxylic acids is 1. The van der Waals surface area contributed by atoms with E-state index < -0.39 is 0 Å². The third kappa shape index (κ3) is 7.57. The summed E-state index contributed by atoms with van der Waals surface area (Å²) in [4.78, 5) is 12.3. The van der Waals surface area contributed by atoms with E-state index in [-0.39, 0.29) is 12.3 Å². The van der Waals surface area contributed by atoms with Crippen molar-refractivity contribution in [3.05, 3.63) is 82.9 Å². The average molecular weight is 735 g/mol. The Morgan fingerprint density at radius 3 is 2.24 bits per heavy atom. The molecule has 0 saturated carbocycles. The summed E-state index contributed by atoms with van der Waals surface area (Å²) in [7, 11) is 3.13. The third-order valence-corrected chi connectivity index (χ3v) is 6.66. The number of hydrazone groups is 1. The first-order chi connectivity index (χ1) is 15.9. The van der Waals surface area contributed by atoms with Gasteiger partial charge >= 0.3 is 0 Å². The predicted molar refractivity (Wildman–Crippen MR) is 149 cm³/mol. The predicted octanol–water partition coefficient (Wildman–Crippen LogP) is 5.95. The molecule has 0 atom stereocenters. The van der Waals surface area contributed by atoms with Crippen molar-refractivity contribution >= 4 is 73.2 Å². The normalized spacial score (nSPS) is 10.8. The lowest BCUT2D eigenvalue weighted by Crippen LogP contribution is -2.19. The smallest absolute Gasteiger partial charge is 0.244 e. The number of nitrogens with one attached hydrogen (secondary N) is 1. The van der Waals surface area contributed by atoms with Crippen LogP contribution in [-0.4, -0.2) is 26.3 Å². The van der Waals surface area contributed by atoms with Crippen molar-refractivity contribution in [2.24, 2.45) is 5.10 Å². The fourth-order valence-corrected chi connectivity index (χ4v) is 5.31. The van der Waals surface area contributed by atoms with E-state index in [9.17, 15) is 4.79 Å². The Balaban J connectivity index is 1.58. The first kappa shape index (κ1) is 25.8. The fourth-order valence-electron chi connectivity index (χ4n) is 2.92. The van der Waals surface area contributed by atoms with Crippen LogP contribution in [0.15, 0.2) is 64.2 Å². The Kier molecular flexibility index (Phi) is 9.80. The molecule has 0 aliphatic rings. The molecule has 33 heavy (non-hydrogen) atoms. The highest BCUT2D eigenvalue weighted by atomic mass is 127. The molecule has 3 rings (SSSR count). The summed E-state index contributed by atoms with van der Waals surface area (Å²) in [5.74, 6) is 1.80. The zero-order valence-corrected chi connectivity index (χ0v) is 23.8. The minimum absolute atomic E-state index is 0.176. The molecular weight excluding hydrogens is 714 g/mol. The Bertz CT molecular complexity index is 1130. The molecule has 0 aromatic heterocycles. The van der Waals surface area contributed by atoms with Gasteiger partial charge in [0, 0.05) is 4.47 Å². The van der Waals surface area contributed by atoms with E-state index in [1.165, 1.54) is 0 Å². The van der Waals surface area contributed by atoms with Crippen molar-refractivity contribution in [3.63, 3.8) is 0 Å². The summed E-state index contributed by atoms with van der Waals surface area (Å²) in [5, 5.41) is 4.10. The lowest BCUT2D eigenvalue weighted by molar-refractivity contribution is -0.120. The van der Waals surface area contributed by atoms with Crippen LogP contribution in [0, 0.1) is 7.14 Å². The Labute approximate surface area is 228 Å². The highest BCUT2D eigenvalue weighted by molar-refractivity contribution is 14.1. The monoisotopic (exact) mass is 734 g/mol. The number of rotatable bonds is 9. The highest BCUT2D eigenvalue weighted by Crippen LogP contribution is 2.30. The number of hydrogen-bond acceptors (Lipinski definition) is 5. The molecule has 1 N–H and O–H groups in total. The van der Waals surface area contributed by atoms with Gasteiger partial charge in [0.1, 0.15) is 12.4 Å². The molecule has 0 bridgehead atoms. The number of halogens is 3. The minimum Gasteiger partial charge on any atom is -0.493 e. The first-order valence-electron chi connectivity index (χ1n) is 9.78. The molecule has 9 heteroatoms. The summed E-state index contributed by atoms with van der Waals surface area (Å²) in [6.45, 7) is 0.485. The van der Waals surface area contributed by atoms with Gasteiger partial charge in [0.25, 0.3) is 0 Å². The molecule has 0 spiro atoms. The van der Waals surface area contributed by atoms with Crippen LogP contribution in [0.1, 0.15) is 16.7 Å². The second kappa shape index (κ2) is 12.6. The fraction of sp³-hybridized carbons (Fsp3) is 0.167. The average Bonchev–Trinajstić information content (AvgIpc) is 2.79. The summed E-state index contributed by atoms with van der Waals surface area (Å²) in [5.41, 5.74) is 5.33. The van der Waals surface area contributed by atoms with E-state index in [2.05, 4.69) is 71.6 Å². The van der Waals surface area contributed by atoms with Crippen LogP contribution >= 0.6 is 61.1 Å². The molecule has 1 amide bonds. The van der Waals surface area contributed by atoms with Crippen LogP contribution < -0.4 is 19.6 Å². The standard InChI is InChI=1S/C24H21BrI2N2O4/c1-31-21-8-5-16(11-22(21)32-2)12-23(30)29-28-13-17-9-19(26)24(20(27)10-17)33-14-15-3-6-18(25)7-4-15/h3-11,13H,12,14H2,1-2H3,(H,29,30)/b28-13+. The zero-order valence-electron chi connectivity index (χ0n) is 17.9. The molecule has 0 heterocycles. The lowest BCUT2D eigenvalue weighted by Gasteiger charge is -2.11. The van der Waals surface area contributed by atoms with Gasteiger partial charge in [-0.25, -0.2) is 5.43 Å². The largest absolute Gasteiger partial charge is 0.493 e. The van der Waals surface area contributed by atoms with E-state index >= 15 is 0 Å². The SMILES string of the molecule is COc1ccc(CC(=O)N/N=C/c2cc(I)c(OCc3ccc(Br)cc3)c(I)c2)cc1OC. The second-order valence-corrected chi connectivity index (χ2v) is 10.1. The van der Waals surface area contributed by atoms with Crippen molar-refractivity contribution in [2.75, 3.05) is 14.2 Å². The number of nitrogens with zero attached hydrogens (tertiary/aromatic N) is 1. The van der Waals surface area contributed by atoms with Crippen molar-refractivity contribution in [1.82, 2.24) is 5.43 Å². The van der Waals surface area contributed by atoms with E-state index in [1.807, 2.05) is 42.5 Å². The van der Waals surface area contributed by atoms with E-state index in [0.717, 1.165) is 34.1 Å². The van der Waals surface area contributed by atoms with Gasteiger partial charge < -0.3 is 14.2 Å². The minimum atomic E-state index is -0.225. The van der Waals surface area contributed by atoms with Gasteiger partial charge in [-0.3, -0.25) is 4.79 Å². The number of benzene rings is 3. The number of methoxy groups -OCH3 is 2. The molecule has 3 aromatic carbocycles. The molecule has 3 aromatic rings. The van der Waals surface area contributed by atoms with Crippen LogP contribution in [0.25, 0.3) is 0 Å². The summed E-state index contributed by atoms with van der Waals surface area (Å²) < 4.78 is 19.5. The number of hydrogen-bond donors (Lipinski definition) is 1. The maximum Gasteiger partial charge on any atom is 0.244 e. The van der Waals surface area contributed by atoms with Gasteiger partial charge in [0.05, 0.1) is 34.0 Å². The van der Waals surface area contributed by atoms with Gasteiger partial charge in [0.2, 0.25) is 5.91 Å². The van der Waals surface area contributed by atoms with Gasteiger partial charge in [-0.1, -0.05) is 34.1 Å². The van der Waals surface area contributed by atoms with E-state index in [0.29, 0.717) is 18.1 Å². The number of amides is 1. The van der Waals surface area contributed by atoms with Crippen LogP contribution in [-0.2, 0) is 17.8 Å². The lowest BCUT2D eigenvalue weighted by atomic mass is 10.1. The maximum absolute atomic E-state index is 12.3. The molecule has 0 radical (unpaired) electrons. The van der Waals surface area contributed by atoms with E-state index in [1.54, 1.807) is 32.6 Å². The molecule has 0 fully saturated rings. The van der Waals surface area contributed by atoms with Crippen LogP contribution in [0.3, 0.4) is 0 Å². The maximum atomic E-state index is 12.3. The Hall–Kier alpha value is -1.86. The van der Waals surface area contributed by atoms with Crippen molar-refractivity contribution in [3.8, 4) is 17.2 Å². The molecule has 172 valence electrons. The number of carbonyl (C=O) groups is 1. The summed E-state index contributed by atoms with van der Waals surface area (Å²) in [6, 6.07) is 17.3. The first-order valence-corrected chi connectivity index (χ1v) is 12.7. The Morgan fingerprint density at radius 1 is 0.970 bits per heavy atom. The number of ether oxygens (including phenoxy) is 3. The molecule has 0 saturated heterocycles. The van der Waals surface area contributed by atoms with Gasteiger partial charge in [-0.05, 0) is 98.3 Å². The van der Waals surface area contributed by atoms with Gasteiger partial charge in [-0.2, -0.15) is 5.10 Å². The highest BCUT2D eigenvalue weighted by Gasteiger charge is 2.10. The summed E-state index contributed by atoms with van der Waals surface area (Å²) >= 11 is 7.93. The second-order valence-electron chi connectivity index (χ2n) is 6.89. The van der Waals surface area contributed by atoms with Crippen molar-refractivity contribution in [1.29, 1.82) is 0 Å². The zero-order chi connectivity index (χ0) is 23.8. The third-order valence-electron chi connectivity index (χ3n) is 4.53. The van der Waals surface area contributed by atoms with Crippen LogP contribution in [0.5, 0.6) is 17.2 Å². The van der Waals surface area contributed by atoms with E-state index in [4.69, 9.17) is 14.2 Å². The van der Waals surface area contributed by atoms with Crippen molar-refractivity contribution < 1.29 is 19.0 Å². The molecule has 0 aliphatic carbocycles. The molecule has 0 aliphatic heterocycles.